The van der Waals surface area contributed by atoms with Crippen LogP contribution in [0.3, 0.4) is 0 Å². The maximum atomic E-state index is 12.7. The minimum atomic E-state index is -0.555. The Bertz CT molecular complexity index is 282. The van der Waals surface area contributed by atoms with Crippen molar-refractivity contribution in [2.45, 2.75) is 18.8 Å². The lowest BCUT2D eigenvalue weighted by Crippen LogP contribution is -2.20. The van der Waals surface area contributed by atoms with Crippen LogP contribution in [-0.4, -0.2) is 11.9 Å². The van der Waals surface area contributed by atoms with Crippen LogP contribution < -0.4 is 5.32 Å². The highest BCUT2D eigenvalue weighted by Gasteiger charge is 2.01. The number of halogens is 3. The second-order valence-electron chi connectivity index (χ2n) is 3.19. The molecule has 0 heterocycles. The van der Waals surface area contributed by atoms with Gasteiger partial charge in [-0.2, -0.15) is 0 Å². The van der Waals surface area contributed by atoms with Crippen LogP contribution in [-0.2, 0) is 6.54 Å². The lowest BCUT2D eigenvalue weighted by atomic mass is 10.2. The smallest absolute Gasteiger partial charge is 0.126 e. The first kappa shape index (κ1) is 11.4. The van der Waals surface area contributed by atoms with Crippen LogP contribution in [0.4, 0.5) is 8.78 Å². The fourth-order valence-electron chi connectivity index (χ4n) is 1.13. The molecule has 0 aromatic heterocycles. The van der Waals surface area contributed by atoms with Crippen LogP contribution in [0, 0.1) is 11.6 Å². The third-order valence-corrected chi connectivity index (χ3v) is 1.83. The fourth-order valence-corrected chi connectivity index (χ4v) is 1.24. The highest BCUT2D eigenvalue weighted by Crippen LogP contribution is 2.07. The van der Waals surface area contributed by atoms with Crippen molar-refractivity contribution in [1.29, 1.82) is 0 Å². The van der Waals surface area contributed by atoms with Gasteiger partial charge in [0.25, 0.3) is 0 Å². The normalized spacial score (nSPS) is 12.9. The molecule has 0 radical (unpaired) electrons. The second-order valence-corrected chi connectivity index (χ2v) is 3.93. The van der Waals surface area contributed by atoms with Crippen molar-refractivity contribution >= 4 is 11.6 Å². The lowest BCUT2D eigenvalue weighted by Gasteiger charge is -2.06. The van der Waals surface area contributed by atoms with E-state index in [1.807, 2.05) is 6.92 Å². The van der Waals surface area contributed by atoms with E-state index in [-0.39, 0.29) is 5.38 Å². The SMILES string of the molecule is CC(Cl)CNCc1cc(F)cc(F)c1. The number of rotatable bonds is 4. The van der Waals surface area contributed by atoms with Gasteiger partial charge in [-0.25, -0.2) is 8.78 Å². The largest absolute Gasteiger partial charge is 0.311 e. The predicted octanol–water partition coefficient (Wildman–Crippen LogP) is 2.68. The zero-order valence-corrected chi connectivity index (χ0v) is 8.61. The molecule has 1 nitrogen and oxygen atoms in total. The first-order chi connectivity index (χ1) is 6.58. The first-order valence-corrected chi connectivity index (χ1v) is 4.81. The molecule has 1 unspecified atom stereocenters. The molecule has 1 aromatic carbocycles. The van der Waals surface area contributed by atoms with Gasteiger partial charge in [0.2, 0.25) is 0 Å². The van der Waals surface area contributed by atoms with E-state index < -0.39 is 11.6 Å². The van der Waals surface area contributed by atoms with Crippen LogP contribution in [0.1, 0.15) is 12.5 Å². The van der Waals surface area contributed by atoms with Gasteiger partial charge in [-0.15, -0.1) is 11.6 Å². The van der Waals surface area contributed by atoms with Crippen molar-refractivity contribution in [3.63, 3.8) is 0 Å². The van der Waals surface area contributed by atoms with Crippen molar-refractivity contribution < 1.29 is 8.78 Å². The van der Waals surface area contributed by atoms with Gasteiger partial charge < -0.3 is 5.32 Å². The van der Waals surface area contributed by atoms with E-state index in [0.717, 1.165) is 6.07 Å². The molecule has 0 bridgehead atoms. The molecule has 4 heteroatoms. The molecular weight excluding hydrogens is 208 g/mol. The van der Waals surface area contributed by atoms with Crippen LogP contribution in [0.15, 0.2) is 18.2 Å². The highest BCUT2D eigenvalue weighted by atomic mass is 35.5. The Labute approximate surface area is 87.1 Å². The Balaban J connectivity index is 2.50. The van der Waals surface area contributed by atoms with Crippen molar-refractivity contribution in [1.82, 2.24) is 5.32 Å². The summed E-state index contributed by atoms with van der Waals surface area (Å²) in [4.78, 5) is 0. The summed E-state index contributed by atoms with van der Waals surface area (Å²) < 4.78 is 25.4. The van der Waals surface area contributed by atoms with Crippen LogP contribution in [0.5, 0.6) is 0 Å². The van der Waals surface area contributed by atoms with Crippen LogP contribution in [0.2, 0.25) is 0 Å². The molecule has 1 N–H and O–H groups in total. The number of nitrogens with one attached hydrogen (secondary N) is 1. The van der Waals surface area contributed by atoms with Crippen LogP contribution >= 0.6 is 11.6 Å². The minimum absolute atomic E-state index is 0.00778. The molecule has 0 aliphatic heterocycles. The molecule has 0 amide bonds. The van der Waals surface area contributed by atoms with E-state index in [4.69, 9.17) is 11.6 Å². The maximum Gasteiger partial charge on any atom is 0.126 e. The molecule has 0 fully saturated rings. The molecule has 1 rings (SSSR count). The number of hydrogen-bond acceptors (Lipinski definition) is 1. The summed E-state index contributed by atoms with van der Waals surface area (Å²) in [5, 5.41) is 3.00. The summed E-state index contributed by atoms with van der Waals surface area (Å²) in [5.41, 5.74) is 0.583. The molecular formula is C10H12ClF2N. The molecule has 1 aromatic rings. The molecule has 0 aliphatic carbocycles. The van der Waals surface area contributed by atoms with Crippen LogP contribution in [0.25, 0.3) is 0 Å². The van der Waals surface area contributed by atoms with Gasteiger partial charge in [-0.05, 0) is 24.6 Å². The van der Waals surface area contributed by atoms with Gasteiger partial charge in [0, 0.05) is 24.5 Å². The maximum absolute atomic E-state index is 12.7. The molecule has 1 atom stereocenters. The average Bonchev–Trinajstić information content (AvgIpc) is 2.01. The summed E-state index contributed by atoms with van der Waals surface area (Å²) in [6.45, 7) is 2.88. The molecule has 78 valence electrons. The molecule has 0 aliphatic rings. The zero-order chi connectivity index (χ0) is 10.6. The van der Waals surface area contributed by atoms with Crippen molar-refractivity contribution in [2.24, 2.45) is 0 Å². The van der Waals surface area contributed by atoms with E-state index >= 15 is 0 Å². The Morgan fingerprint density at radius 3 is 2.36 bits per heavy atom. The quantitative estimate of drug-likeness (QED) is 0.768. The molecule has 0 saturated heterocycles. The Morgan fingerprint density at radius 2 is 1.86 bits per heavy atom. The fraction of sp³-hybridized carbons (Fsp3) is 0.400. The van der Waals surface area contributed by atoms with Gasteiger partial charge in [0.1, 0.15) is 11.6 Å². The van der Waals surface area contributed by atoms with Crippen molar-refractivity contribution in [3.8, 4) is 0 Å². The first-order valence-electron chi connectivity index (χ1n) is 4.37. The van der Waals surface area contributed by atoms with Gasteiger partial charge in [-0.3, -0.25) is 0 Å². The number of alkyl halides is 1. The molecule has 0 spiro atoms. The topological polar surface area (TPSA) is 12.0 Å². The van der Waals surface area contributed by atoms with E-state index in [1.165, 1.54) is 12.1 Å². The summed E-state index contributed by atoms with van der Waals surface area (Å²) in [5.74, 6) is -1.11. The minimum Gasteiger partial charge on any atom is -0.311 e. The number of benzene rings is 1. The standard InChI is InChI=1S/C10H12ClF2N/c1-7(11)5-14-6-8-2-9(12)4-10(13)3-8/h2-4,7,14H,5-6H2,1H3. The second kappa shape index (κ2) is 5.27. The van der Waals surface area contributed by atoms with Gasteiger partial charge in [0.15, 0.2) is 0 Å². The van der Waals surface area contributed by atoms with Gasteiger partial charge in [0.05, 0.1) is 0 Å². The number of hydrogen-bond donors (Lipinski definition) is 1. The zero-order valence-electron chi connectivity index (χ0n) is 7.86. The van der Waals surface area contributed by atoms with Gasteiger partial charge >= 0.3 is 0 Å². The molecule has 0 saturated carbocycles. The Morgan fingerprint density at radius 1 is 1.29 bits per heavy atom. The monoisotopic (exact) mass is 219 g/mol. The van der Waals surface area contributed by atoms with Crippen molar-refractivity contribution in [2.75, 3.05) is 6.54 Å². The third kappa shape index (κ3) is 4.03. The lowest BCUT2D eigenvalue weighted by molar-refractivity contribution is 0.575. The van der Waals surface area contributed by atoms with Crippen molar-refractivity contribution in [3.05, 3.63) is 35.4 Å². The summed E-state index contributed by atoms with van der Waals surface area (Å²) in [7, 11) is 0. The average molecular weight is 220 g/mol. The Kier molecular flexibility index (Phi) is 4.29. The summed E-state index contributed by atoms with van der Waals surface area (Å²) >= 11 is 5.70. The molecule has 14 heavy (non-hydrogen) atoms. The van der Waals surface area contributed by atoms with E-state index in [9.17, 15) is 8.78 Å². The third-order valence-electron chi connectivity index (χ3n) is 1.68. The Hall–Kier alpha value is -0.670. The van der Waals surface area contributed by atoms with E-state index in [1.54, 1.807) is 0 Å². The van der Waals surface area contributed by atoms with E-state index in [2.05, 4.69) is 5.32 Å². The summed E-state index contributed by atoms with van der Waals surface area (Å²) in [6, 6.07) is 3.46. The summed E-state index contributed by atoms with van der Waals surface area (Å²) in [6.07, 6.45) is 0. The predicted molar refractivity (Wildman–Crippen MR) is 53.4 cm³/mol. The highest BCUT2D eigenvalue weighted by molar-refractivity contribution is 6.20. The van der Waals surface area contributed by atoms with E-state index in [0.29, 0.717) is 18.7 Å². The van der Waals surface area contributed by atoms with Gasteiger partial charge in [-0.1, -0.05) is 0 Å².